The highest BCUT2D eigenvalue weighted by Gasteiger charge is 2.09. The zero-order valence-electron chi connectivity index (χ0n) is 8.73. The van der Waals surface area contributed by atoms with E-state index < -0.39 is 17.2 Å². The first-order valence-electron chi connectivity index (χ1n) is 4.67. The summed E-state index contributed by atoms with van der Waals surface area (Å²) < 4.78 is 0. The first-order chi connectivity index (χ1) is 8.54. The normalized spacial score (nSPS) is 10.1. The smallest absolute Gasteiger partial charge is 0.304 e. The van der Waals surface area contributed by atoms with Gasteiger partial charge < -0.3 is 10.3 Å². The lowest BCUT2D eigenvalue weighted by molar-refractivity contribution is 0.102. The lowest BCUT2D eigenvalue weighted by atomic mass is 10.4. The number of H-pyrrole nitrogens is 2. The topological polar surface area (TPSA) is 121 Å². The molecule has 2 heterocycles. The van der Waals surface area contributed by atoms with Crippen molar-refractivity contribution in [2.24, 2.45) is 0 Å². The molecule has 0 atom stereocenters. The van der Waals surface area contributed by atoms with Crippen molar-refractivity contribution in [1.29, 1.82) is 0 Å². The van der Waals surface area contributed by atoms with E-state index in [4.69, 9.17) is 11.6 Å². The lowest BCUT2D eigenvalue weighted by Gasteiger charge is -2.03. The predicted octanol–water partition coefficient (Wildman–Crippen LogP) is -0.241. The van der Waals surface area contributed by atoms with Crippen molar-refractivity contribution in [3.63, 3.8) is 0 Å². The molecule has 2 aromatic rings. The van der Waals surface area contributed by atoms with Crippen LogP contribution in [0.15, 0.2) is 28.0 Å². The number of amides is 1. The van der Waals surface area contributed by atoms with Gasteiger partial charge in [0, 0.05) is 6.07 Å². The van der Waals surface area contributed by atoms with Gasteiger partial charge in [-0.3, -0.25) is 19.6 Å². The van der Waals surface area contributed by atoms with Gasteiger partial charge in [0.1, 0.15) is 10.8 Å². The Bertz CT molecular complexity index is 679. The molecule has 0 saturated carbocycles. The van der Waals surface area contributed by atoms with E-state index in [0.29, 0.717) is 0 Å². The molecule has 3 N–H and O–H groups in total. The van der Waals surface area contributed by atoms with Gasteiger partial charge >= 0.3 is 5.69 Å². The fourth-order valence-corrected chi connectivity index (χ4v) is 1.32. The molecule has 9 heteroatoms. The SMILES string of the molecule is O=C(Nc1cncc(Cl)n1)c1cc(=O)[nH]c(=O)[nH]1. The lowest BCUT2D eigenvalue weighted by Crippen LogP contribution is -2.27. The molecule has 0 saturated heterocycles. The second-order valence-corrected chi connectivity index (χ2v) is 3.57. The maximum atomic E-state index is 11.7. The minimum atomic E-state index is -0.773. The highest BCUT2D eigenvalue weighted by molar-refractivity contribution is 6.29. The van der Waals surface area contributed by atoms with Crippen molar-refractivity contribution in [1.82, 2.24) is 19.9 Å². The average Bonchev–Trinajstić information content (AvgIpc) is 2.27. The fraction of sp³-hybridized carbons (Fsp3) is 0. The summed E-state index contributed by atoms with van der Waals surface area (Å²) in [7, 11) is 0. The highest BCUT2D eigenvalue weighted by atomic mass is 35.5. The molecule has 8 nitrogen and oxygen atoms in total. The number of aromatic amines is 2. The molecule has 0 aromatic carbocycles. The first kappa shape index (κ1) is 12.0. The van der Waals surface area contributed by atoms with Crippen LogP contribution in [0.3, 0.4) is 0 Å². The quantitative estimate of drug-likeness (QED) is 0.693. The Morgan fingerprint density at radius 1 is 1.28 bits per heavy atom. The van der Waals surface area contributed by atoms with E-state index in [9.17, 15) is 14.4 Å². The maximum absolute atomic E-state index is 11.7. The van der Waals surface area contributed by atoms with Gasteiger partial charge in [0.15, 0.2) is 5.82 Å². The molecule has 0 aliphatic rings. The second kappa shape index (κ2) is 4.80. The third-order valence-electron chi connectivity index (χ3n) is 1.85. The molecular weight excluding hydrogens is 262 g/mol. The minimum Gasteiger partial charge on any atom is -0.304 e. The molecule has 2 rings (SSSR count). The zero-order chi connectivity index (χ0) is 13.1. The number of hydrogen-bond acceptors (Lipinski definition) is 5. The van der Waals surface area contributed by atoms with Crippen LogP contribution in [0.4, 0.5) is 5.82 Å². The van der Waals surface area contributed by atoms with Crippen molar-refractivity contribution in [2.45, 2.75) is 0 Å². The highest BCUT2D eigenvalue weighted by Crippen LogP contribution is 2.07. The van der Waals surface area contributed by atoms with E-state index in [1.165, 1.54) is 12.4 Å². The van der Waals surface area contributed by atoms with E-state index in [1.807, 2.05) is 4.98 Å². The van der Waals surface area contributed by atoms with Crippen LogP contribution in [-0.4, -0.2) is 25.8 Å². The number of nitrogens with one attached hydrogen (secondary N) is 3. The molecule has 0 fully saturated rings. The summed E-state index contributed by atoms with van der Waals surface area (Å²) in [5, 5.41) is 2.44. The van der Waals surface area contributed by atoms with Crippen molar-refractivity contribution >= 4 is 23.3 Å². The van der Waals surface area contributed by atoms with Crippen molar-refractivity contribution in [2.75, 3.05) is 5.32 Å². The predicted molar refractivity (Wildman–Crippen MR) is 62.7 cm³/mol. The van der Waals surface area contributed by atoms with Crippen LogP contribution >= 0.6 is 11.6 Å². The molecule has 0 unspecified atom stereocenters. The summed E-state index contributed by atoms with van der Waals surface area (Å²) in [6.45, 7) is 0. The van der Waals surface area contributed by atoms with Crippen LogP contribution in [0, 0.1) is 0 Å². The number of halogens is 1. The Balaban J connectivity index is 2.27. The number of aromatic nitrogens is 4. The summed E-state index contributed by atoms with van der Waals surface area (Å²) in [5.41, 5.74) is -1.64. The van der Waals surface area contributed by atoms with Gasteiger partial charge in [-0.2, -0.15) is 0 Å². The van der Waals surface area contributed by atoms with Crippen LogP contribution in [0.5, 0.6) is 0 Å². The Morgan fingerprint density at radius 3 is 2.72 bits per heavy atom. The van der Waals surface area contributed by atoms with Gasteiger partial charge in [-0.15, -0.1) is 0 Å². The van der Waals surface area contributed by atoms with Gasteiger partial charge in [0.25, 0.3) is 11.5 Å². The number of hydrogen-bond donors (Lipinski definition) is 3. The zero-order valence-corrected chi connectivity index (χ0v) is 9.49. The standard InChI is InChI=1S/C9H6ClN5O3/c10-5-2-11-3-6(13-5)14-8(17)4-1-7(16)15-9(18)12-4/h1-3H,(H,13,14,17)(H2,12,15,16,18). The molecule has 18 heavy (non-hydrogen) atoms. The second-order valence-electron chi connectivity index (χ2n) is 3.18. The van der Waals surface area contributed by atoms with E-state index in [-0.39, 0.29) is 16.7 Å². The molecule has 92 valence electrons. The molecule has 0 aliphatic carbocycles. The van der Waals surface area contributed by atoms with Gasteiger partial charge in [0.05, 0.1) is 12.4 Å². The van der Waals surface area contributed by atoms with Crippen molar-refractivity contribution in [3.8, 4) is 0 Å². The van der Waals surface area contributed by atoms with Gasteiger partial charge in [0.2, 0.25) is 0 Å². The minimum absolute atomic E-state index is 0.104. The third-order valence-corrected chi connectivity index (χ3v) is 2.03. The Morgan fingerprint density at radius 2 is 2.06 bits per heavy atom. The van der Waals surface area contributed by atoms with Crippen LogP contribution in [0.1, 0.15) is 10.5 Å². The molecular formula is C9H6ClN5O3. The van der Waals surface area contributed by atoms with Crippen LogP contribution < -0.4 is 16.6 Å². The average molecular weight is 268 g/mol. The molecule has 1 amide bonds. The van der Waals surface area contributed by atoms with E-state index in [0.717, 1.165) is 6.07 Å². The molecule has 0 bridgehead atoms. The van der Waals surface area contributed by atoms with Crippen molar-refractivity contribution < 1.29 is 4.79 Å². The third kappa shape index (κ3) is 2.80. The fourth-order valence-electron chi connectivity index (χ4n) is 1.18. The van der Waals surface area contributed by atoms with Crippen molar-refractivity contribution in [3.05, 3.63) is 50.1 Å². The molecule has 0 spiro atoms. The Hall–Kier alpha value is -2.48. The molecule has 0 aliphatic heterocycles. The summed E-state index contributed by atoms with van der Waals surface area (Å²) >= 11 is 5.59. The van der Waals surface area contributed by atoms with Gasteiger partial charge in [-0.25, -0.2) is 9.78 Å². The summed E-state index contributed by atoms with van der Waals surface area (Å²) in [6, 6.07) is 0.953. The van der Waals surface area contributed by atoms with E-state index in [1.54, 1.807) is 0 Å². The summed E-state index contributed by atoms with van der Waals surface area (Å²) in [5.74, 6) is -0.594. The number of carbonyl (C=O) groups excluding carboxylic acids is 1. The summed E-state index contributed by atoms with van der Waals surface area (Å²) in [4.78, 5) is 45.3. The summed E-state index contributed by atoms with van der Waals surface area (Å²) in [6.07, 6.45) is 2.57. The van der Waals surface area contributed by atoms with E-state index in [2.05, 4.69) is 20.3 Å². The van der Waals surface area contributed by atoms with Gasteiger partial charge in [-0.05, 0) is 0 Å². The van der Waals surface area contributed by atoms with Crippen LogP contribution in [0.25, 0.3) is 0 Å². The molecule has 2 aromatic heterocycles. The number of carbonyl (C=O) groups is 1. The number of rotatable bonds is 2. The first-order valence-corrected chi connectivity index (χ1v) is 5.05. The maximum Gasteiger partial charge on any atom is 0.326 e. The number of anilines is 1. The van der Waals surface area contributed by atoms with E-state index >= 15 is 0 Å². The van der Waals surface area contributed by atoms with Crippen LogP contribution in [-0.2, 0) is 0 Å². The molecule has 0 radical (unpaired) electrons. The Kier molecular flexibility index (Phi) is 3.20. The largest absolute Gasteiger partial charge is 0.326 e. The van der Waals surface area contributed by atoms with Gasteiger partial charge in [-0.1, -0.05) is 11.6 Å². The van der Waals surface area contributed by atoms with Crippen LogP contribution in [0.2, 0.25) is 5.15 Å². The Labute approximate surface area is 104 Å². The monoisotopic (exact) mass is 267 g/mol. The number of nitrogens with zero attached hydrogens (tertiary/aromatic N) is 2.